The van der Waals surface area contributed by atoms with Gasteiger partial charge in [-0.05, 0) is 31.5 Å². The maximum absolute atomic E-state index is 11.8. The Bertz CT molecular complexity index is 486. The Morgan fingerprint density at radius 2 is 1.90 bits per heavy atom. The van der Waals surface area contributed by atoms with Crippen molar-refractivity contribution >= 4 is 17.6 Å². The molecule has 0 fully saturated rings. The number of benzene rings is 1. The van der Waals surface area contributed by atoms with Gasteiger partial charge in [-0.3, -0.25) is 4.79 Å². The lowest BCUT2D eigenvalue weighted by molar-refractivity contribution is -0.130. The van der Waals surface area contributed by atoms with Crippen molar-refractivity contribution in [2.24, 2.45) is 5.73 Å². The van der Waals surface area contributed by atoms with Crippen molar-refractivity contribution in [1.29, 1.82) is 0 Å². The summed E-state index contributed by atoms with van der Waals surface area (Å²) in [6, 6.07) is 6.19. The van der Waals surface area contributed by atoms with E-state index < -0.39 is 12.1 Å². The molecule has 0 aliphatic carbocycles. The molecular formula is C14H22N4O2. The molecule has 20 heavy (non-hydrogen) atoms. The van der Waals surface area contributed by atoms with Crippen molar-refractivity contribution in [1.82, 2.24) is 10.2 Å². The maximum atomic E-state index is 11.8. The summed E-state index contributed by atoms with van der Waals surface area (Å²) in [5.41, 5.74) is 7.36. The van der Waals surface area contributed by atoms with Gasteiger partial charge >= 0.3 is 6.03 Å². The van der Waals surface area contributed by atoms with Crippen LogP contribution in [0.3, 0.4) is 0 Å². The van der Waals surface area contributed by atoms with E-state index in [0.717, 1.165) is 5.56 Å². The number of nitrogens with zero attached hydrogens (tertiary/aromatic N) is 1. The maximum Gasteiger partial charge on any atom is 0.319 e. The molecule has 4 N–H and O–H groups in total. The minimum atomic E-state index is -0.582. The number of urea groups is 1. The SMILES string of the molecule is CC(NC(=O)Nc1cccc(C(C)N)c1)C(=O)N(C)C. The van der Waals surface area contributed by atoms with Crippen LogP contribution in [-0.4, -0.2) is 37.0 Å². The highest BCUT2D eigenvalue weighted by atomic mass is 16.2. The largest absolute Gasteiger partial charge is 0.347 e. The monoisotopic (exact) mass is 278 g/mol. The Kier molecular flexibility index (Phi) is 5.52. The Morgan fingerprint density at radius 3 is 2.45 bits per heavy atom. The molecule has 0 spiro atoms. The van der Waals surface area contributed by atoms with Crippen LogP contribution >= 0.6 is 0 Å². The molecule has 110 valence electrons. The van der Waals surface area contributed by atoms with E-state index in [-0.39, 0.29) is 11.9 Å². The van der Waals surface area contributed by atoms with Gasteiger partial charge in [-0.1, -0.05) is 12.1 Å². The van der Waals surface area contributed by atoms with Crippen LogP contribution in [0.25, 0.3) is 0 Å². The number of amides is 3. The van der Waals surface area contributed by atoms with E-state index >= 15 is 0 Å². The molecule has 6 heteroatoms. The number of hydrogen-bond donors (Lipinski definition) is 3. The van der Waals surface area contributed by atoms with Gasteiger partial charge in [0, 0.05) is 25.8 Å². The zero-order valence-electron chi connectivity index (χ0n) is 12.3. The van der Waals surface area contributed by atoms with E-state index in [0.29, 0.717) is 5.69 Å². The van der Waals surface area contributed by atoms with Gasteiger partial charge < -0.3 is 21.3 Å². The van der Waals surface area contributed by atoms with E-state index in [1.54, 1.807) is 27.1 Å². The second-order valence-electron chi connectivity index (χ2n) is 4.97. The second kappa shape index (κ2) is 6.91. The predicted octanol–water partition coefficient (Wildman–Crippen LogP) is 1.30. The molecule has 0 aromatic heterocycles. The molecule has 2 atom stereocenters. The Morgan fingerprint density at radius 1 is 1.25 bits per heavy atom. The Balaban J connectivity index is 2.63. The smallest absolute Gasteiger partial charge is 0.319 e. The molecule has 2 unspecified atom stereocenters. The molecule has 0 heterocycles. The van der Waals surface area contributed by atoms with E-state index in [4.69, 9.17) is 5.73 Å². The summed E-state index contributed by atoms with van der Waals surface area (Å²) in [7, 11) is 3.29. The average molecular weight is 278 g/mol. The second-order valence-corrected chi connectivity index (χ2v) is 4.97. The Hall–Kier alpha value is -2.08. The zero-order chi connectivity index (χ0) is 15.3. The summed E-state index contributed by atoms with van der Waals surface area (Å²) in [5.74, 6) is -0.163. The number of rotatable bonds is 4. The van der Waals surface area contributed by atoms with Crippen molar-refractivity contribution in [3.63, 3.8) is 0 Å². The summed E-state index contributed by atoms with van der Waals surface area (Å²) in [6.07, 6.45) is 0. The minimum Gasteiger partial charge on any atom is -0.347 e. The number of carbonyl (C=O) groups excluding carboxylic acids is 2. The highest BCUT2D eigenvalue weighted by Gasteiger charge is 2.17. The van der Waals surface area contributed by atoms with Crippen molar-refractivity contribution in [2.75, 3.05) is 19.4 Å². The lowest BCUT2D eigenvalue weighted by Crippen LogP contribution is -2.45. The van der Waals surface area contributed by atoms with E-state index in [1.165, 1.54) is 4.90 Å². The van der Waals surface area contributed by atoms with Crippen LogP contribution in [-0.2, 0) is 4.79 Å². The van der Waals surface area contributed by atoms with Crippen LogP contribution in [0.5, 0.6) is 0 Å². The van der Waals surface area contributed by atoms with Gasteiger partial charge in [0.05, 0.1) is 0 Å². The predicted molar refractivity (Wildman–Crippen MR) is 79.4 cm³/mol. The van der Waals surface area contributed by atoms with Gasteiger partial charge in [-0.25, -0.2) is 4.79 Å². The minimum absolute atomic E-state index is 0.103. The standard InChI is InChI=1S/C14H22N4O2/c1-9(15)11-6-5-7-12(8-11)17-14(20)16-10(2)13(19)18(3)4/h5-10H,15H2,1-4H3,(H2,16,17,20). The van der Waals surface area contributed by atoms with Crippen LogP contribution in [0, 0.1) is 0 Å². The highest BCUT2D eigenvalue weighted by Crippen LogP contribution is 2.15. The fourth-order valence-corrected chi connectivity index (χ4v) is 1.71. The van der Waals surface area contributed by atoms with Gasteiger partial charge in [0.15, 0.2) is 0 Å². The first-order valence-corrected chi connectivity index (χ1v) is 6.45. The van der Waals surface area contributed by atoms with Gasteiger partial charge in [0.2, 0.25) is 5.91 Å². The molecular weight excluding hydrogens is 256 g/mol. The molecule has 0 aliphatic rings. The van der Waals surface area contributed by atoms with Crippen molar-refractivity contribution in [3.8, 4) is 0 Å². The third kappa shape index (κ3) is 4.55. The quantitative estimate of drug-likeness (QED) is 0.776. The molecule has 0 radical (unpaired) electrons. The molecule has 1 rings (SSSR count). The van der Waals surface area contributed by atoms with Gasteiger partial charge in [0.25, 0.3) is 0 Å². The first-order chi connectivity index (χ1) is 9.31. The molecule has 0 saturated heterocycles. The number of anilines is 1. The number of nitrogens with two attached hydrogens (primary N) is 1. The van der Waals surface area contributed by atoms with Crippen molar-refractivity contribution in [3.05, 3.63) is 29.8 Å². The topological polar surface area (TPSA) is 87.5 Å². The molecule has 6 nitrogen and oxygen atoms in total. The number of likely N-dealkylation sites (N-methyl/N-ethyl adjacent to an activating group) is 1. The lowest BCUT2D eigenvalue weighted by atomic mass is 10.1. The van der Waals surface area contributed by atoms with E-state index in [2.05, 4.69) is 10.6 Å². The van der Waals surface area contributed by atoms with Crippen molar-refractivity contribution < 1.29 is 9.59 Å². The van der Waals surface area contributed by atoms with Crippen LogP contribution < -0.4 is 16.4 Å². The van der Waals surface area contributed by atoms with Crippen LogP contribution in [0.2, 0.25) is 0 Å². The normalized spacial score (nSPS) is 13.2. The fraction of sp³-hybridized carbons (Fsp3) is 0.429. The average Bonchev–Trinajstić information content (AvgIpc) is 2.37. The van der Waals surface area contributed by atoms with Gasteiger partial charge in [-0.2, -0.15) is 0 Å². The molecule has 0 saturated carbocycles. The number of nitrogens with one attached hydrogen (secondary N) is 2. The third-order valence-corrected chi connectivity index (χ3v) is 2.83. The van der Waals surface area contributed by atoms with E-state index in [1.807, 2.05) is 25.1 Å². The van der Waals surface area contributed by atoms with Crippen LogP contribution in [0.4, 0.5) is 10.5 Å². The summed E-state index contributed by atoms with van der Waals surface area (Å²) < 4.78 is 0. The third-order valence-electron chi connectivity index (χ3n) is 2.83. The van der Waals surface area contributed by atoms with E-state index in [9.17, 15) is 9.59 Å². The summed E-state index contributed by atoms with van der Waals surface area (Å²) >= 11 is 0. The summed E-state index contributed by atoms with van der Waals surface area (Å²) in [5, 5.41) is 5.27. The first kappa shape index (κ1) is 16.0. The van der Waals surface area contributed by atoms with Crippen LogP contribution in [0.1, 0.15) is 25.5 Å². The fourth-order valence-electron chi connectivity index (χ4n) is 1.71. The summed E-state index contributed by atoms with van der Waals surface area (Å²) in [4.78, 5) is 24.9. The molecule has 3 amide bonds. The van der Waals surface area contributed by atoms with Gasteiger partial charge in [0.1, 0.15) is 6.04 Å². The first-order valence-electron chi connectivity index (χ1n) is 6.45. The molecule has 1 aromatic rings. The van der Waals surface area contributed by atoms with Gasteiger partial charge in [-0.15, -0.1) is 0 Å². The number of carbonyl (C=O) groups is 2. The summed E-state index contributed by atoms with van der Waals surface area (Å²) in [6.45, 7) is 3.51. The van der Waals surface area contributed by atoms with Crippen molar-refractivity contribution in [2.45, 2.75) is 25.9 Å². The molecule has 0 bridgehead atoms. The molecule has 0 aliphatic heterocycles. The van der Waals surface area contributed by atoms with Crippen LogP contribution in [0.15, 0.2) is 24.3 Å². The lowest BCUT2D eigenvalue weighted by Gasteiger charge is -2.18. The zero-order valence-corrected chi connectivity index (χ0v) is 12.3. The molecule has 1 aromatic carbocycles. The number of hydrogen-bond acceptors (Lipinski definition) is 3. The Labute approximate surface area is 119 Å². The highest BCUT2D eigenvalue weighted by molar-refractivity contribution is 5.93.